The van der Waals surface area contributed by atoms with E-state index < -0.39 is 22.9 Å². The Labute approximate surface area is 166 Å². The van der Waals surface area contributed by atoms with Gasteiger partial charge in [-0.05, 0) is 38.1 Å². The number of hydrogen-bond acceptors (Lipinski definition) is 7. The Bertz CT molecular complexity index is 983. The second kappa shape index (κ2) is 8.42. The van der Waals surface area contributed by atoms with Crippen molar-refractivity contribution in [2.45, 2.75) is 20.0 Å². The second-order valence-corrected chi connectivity index (χ2v) is 6.29. The zero-order valence-electron chi connectivity index (χ0n) is 15.7. The van der Waals surface area contributed by atoms with Gasteiger partial charge in [-0.2, -0.15) is 0 Å². The Balaban J connectivity index is 1.64. The Morgan fingerprint density at radius 1 is 1.21 bits per heavy atom. The monoisotopic (exact) mass is 398 g/mol. The van der Waals surface area contributed by atoms with Crippen molar-refractivity contribution in [3.63, 3.8) is 0 Å². The number of anilines is 1. The van der Waals surface area contributed by atoms with Crippen LogP contribution in [0.2, 0.25) is 0 Å². The molecule has 0 radical (unpaired) electrons. The predicted octanol–water partition coefficient (Wildman–Crippen LogP) is 3.22. The quantitative estimate of drug-likeness (QED) is 0.344. The number of rotatable bonds is 6. The van der Waals surface area contributed by atoms with Crippen molar-refractivity contribution in [1.29, 1.82) is 0 Å². The van der Waals surface area contributed by atoms with Crippen molar-refractivity contribution in [3.8, 4) is 11.5 Å². The number of amides is 1. The molecule has 0 aliphatic carbocycles. The second-order valence-electron chi connectivity index (χ2n) is 6.29. The van der Waals surface area contributed by atoms with E-state index in [1.54, 1.807) is 12.1 Å². The highest BCUT2D eigenvalue weighted by atomic mass is 16.7. The molecule has 9 heteroatoms. The van der Waals surface area contributed by atoms with Crippen LogP contribution in [-0.2, 0) is 14.3 Å². The van der Waals surface area contributed by atoms with Crippen LogP contribution in [0.1, 0.15) is 18.1 Å². The highest BCUT2D eigenvalue weighted by molar-refractivity contribution is 5.96. The lowest BCUT2D eigenvalue weighted by molar-refractivity contribution is -0.385. The summed E-state index contributed by atoms with van der Waals surface area (Å²) in [7, 11) is 0. The molecule has 1 amide bonds. The lowest BCUT2D eigenvalue weighted by atomic mass is 10.1. The van der Waals surface area contributed by atoms with Crippen LogP contribution in [-0.4, -0.2) is 29.7 Å². The number of nitrogens with zero attached hydrogens (tertiary/aromatic N) is 1. The Morgan fingerprint density at radius 2 is 1.86 bits per heavy atom. The van der Waals surface area contributed by atoms with Gasteiger partial charge in [0.15, 0.2) is 17.6 Å². The van der Waals surface area contributed by atoms with Gasteiger partial charge >= 0.3 is 5.97 Å². The molecule has 2 aromatic rings. The van der Waals surface area contributed by atoms with Crippen molar-refractivity contribution >= 4 is 29.3 Å². The molecule has 0 saturated heterocycles. The lowest BCUT2D eigenvalue weighted by Gasteiger charge is -2.12. The van der Waals surface area contributed by atoms with Gasteiger partial charge in [0.05, 0.1) is 16.6 Å². The molecule has 9 nitrogen and oxygen atoms in total. The van der Waals surface area contributed by atoms with Crippen molar-refractivity contribution < 1.29 is 28.7 Å². The van der Waals surface area contributed by atoms with E-state index in [4.69, 9.17) is 14.2 Å². The largest absolute Gasteiger partial charge is 0.454 e. The first-order valence-electron chi connectivity index (χ1n) is 8.68. The molecule has 1 aliphatic heterocycles. The molecule has 1 N–H and O–H groups in total. The van der Waals surface area contributed by atoms with Crippen LogP contribution in [0.25, 0.3) is 6.08 Å². The Kier molecular flexibility index (Phi) is 5.77. The standard InChI is InChI=1S/C20H18N2O7/c1-12-3-6-15(7-4-12)21-20(24)13(2)29-19(23)8-5-14-9-17-18(28-11-27-17)10-16(14)22(25)26/h3-10,13H,11H2,1-2H3,(H,21,24)/b8-5+/t13-/m1/s1. The number of aryl methyl sites for hydroxylation is 1. The average molecular weight is 398 g/mol. The number of fused-ring (bicyclic) bond motifs is 1. The summed E-state index contributed by atoms with van der Waals surface area (Å²) < 4.78 is 15.4. The van der Waals surface area contributed by atoms with E-state index in [-0.39, 0.29) is 23.8 Å². The topological polar surface area (TPSA) is 117 Å². The minimum atomic E-state index is -1.06. The zero-order chi connectivity index (χ0) is 21.0. The maximum absolute atomic E-state index is 12.1. The Morgan fingerprint density at radius 3 is 2.52 bits per heavy atom. The molecule has 2 aromatic carbocycles. The number of carbonyl (C=O) groups excluding carboxylic acids is 2. The molecule has 3 rings (SSSR count). The average Bonchev–Trinajstić information content (AvgIpc) is 3.14. The summed E-state index contributed by atoms with van der Waals surface area (Å²) in [6.07, 6.45) is 1.19. The number of hydrogen-bond donors (Lipinski definition) is 1. The molecule has 1 heterocycles. The molecule has 0 unspecified atom stereocenters. The number of carbonyl (C=O) groups is 2. The SMILES string of the molecule is Cc1ccc(NC(=O)[C@@H](C)OC(=O)/C=C/c2cc3c(cc2[N+](=O)[O-])OCO3)cc1. The third-order valence-electron chi connectivity index (χ3n) is 4.10. The van der Waals surface area contributed by atoms with Crippen molar-refractivity contribution in [3.05, 3.63) is 63.7 Å². The van der Waals surface area contributed by atoms with Gasteiger partial charge in [0.2, 0.25) is 6.79 Å². The highest BCUT2D eigenvalue weighted by Crippen LogP contribution is 2.38. The minimum absolute atomic E-state index is 0.0324. The number of nitrogens with one attached hydrogen (secondary N) is 1. The van der Waals surface area contributed by atoms with Gasteiger partial charge in [0, 0.05) is 11.8 Å². The van der Waals surface area contributed by atoms with Gasteiger partial charge in [-0.3, -0.25) is 14.9 Å². The zero-order valence-corrected chi connectivity index (χ0v) is 15.7. The first-order valence-corrected chi connectivity index (χ1v) is 8.68. The molecule has 0 saturated carbocycles. The van der Waals surface area contributed by atoms with E-state index >= 15 is 0 Å². The van der Waals surface area contributed by atoms with Crippen LogP contribution in [0.5, 0.6) is 11.5 Å². The van der Waals surface area contributed by atoms with E-state index in [0.29, 0.717) is 11.4 Å². The molecule has 150 valence electrons. The lowest BCUT2D eigenvalue weighted by Crippen LogP contribution is -2.29. The maximum atomic E-state index is 12.1. The number of nitro groups is 1. The molecule has 0 bridgehead atoms. The van der Waals surface area contributed by atoms with Gasteiger partial charge < -0.3 is 19.5 Å². The van der Waals surface area contributed by atoms with Crippen LogP contribution < -0.4 is 14.8 Å². The van der Waals surface area contributed by atoms with Gasteiger partial charge in [0.1, 0.15) is 0 Å². The van der Waals surface area contributed by atoms with Gasteiger partial charge in [0.25, 0.3) is 11.6 Å². The Hall–Kier alpha value is -3.88. The van der Waals surface area contributed by atoms with Gasteiger partial charge in [-0.1, -0.05) is 17.7 Å². The first-order chi connectivity index (χ1) is 13.8. The molecule has 1 aliphatic rings. The van der Waals surface area contributed by atoms with Crippen LogP contribution in [0.3, 0.4) is 0 Å². The van der Waals surface area contributed by atoms with Crippen molar-refractivity contribution in [2.24, 2.45) is 0 Å². The summed E-state index contributed by atoms with van der Waals surface area (Å²) in [5.41, 5.74) is 1.52. The van der Waals surface area contributed by atoms with Crippen molar-refractivity contribution in [2.75, 3.05) is 12.1 Å². The summed E-state index contributed by atoms with van der Waals surface area (Å²) in [4.78, 5) is 34.8. The fourth-order valence-electron chi connectivity index (χ4n) is 2.54. The minimum Gasteiger partial charge on any atom is -0.454 e. The molecule has 0 fully saturated rings. The normalized spacial score (nSPS) is 13.2. The van der Waals surface area contributed by atoms with E-state index in [1.807, 2.05) is 19.1 Å². The molecule has 0 aromatic heterocycles. The van der Waals surface area contributed by atoms with E-state index in [0.717, 1.165) is 11.6 Å². The van der Waals surface area contributed by atoms with Gasteiger partial charge in [-0.15, -0.1) is 0 Å². The van der Waals surface area contributed by atoms with Crippen LogP contribution in [0, 0.1) is 17.0 Å². The smallest absolute Gasteiger partial charge is 0.331 e. The number of esters is 1. The molecule has 29 heavy (non-hydrogen) atoms. The predicted molar refractivity (Wildman–Crippen MR) is 104 cm³/mol. The fourth-order valence-corrected chi connectivity index (χ4v) is 2.54. The highest BCUT2D eigenvalue weighted by Gasteiger charge is 2.22. The van der Waals surface area contributed by atoms with E-state index in [2.05, 4.69) is 5.32 Å². The summed E-state index contributed by atoms with van der Waals surface area (Å²) >= 11 is 0. The van der Waals surface area contributed by atoms with Crippen LogP contribution in [0.15, 0.2) is 42.5 Å². The third kappa shape index (κ3) is 4.89. The first kappa shape index (κ1) is 19.9. The summed E-state index contributed by atoms with van der Waals surface area (Å²) in [5.74, 6) is -0.708. The van der Waals surface area contributed by atoms with Crippen LogP contribution in [0.4, 0.5) is 11.4 Å². The summed E-state index contributed by atoms with van der Waals surface area (Å²) in [6, 6.07) is 9.78. The van der Waals surface area contributed by atoms with Gasteiger partial charge in [-0.25, -0.2) is 4.79 Å². The summed E-state index contributed by atoms with van der Waals surface area (Å²) in [6.45, 7) is 3.32. The van der Waals surface area contributed by atoms with Crippen LogP contribution >= 0.6 is 0 Å². The van der Waals surface area contributed by atoms with E-state index in [1.165, 1.54) is 25.1 Å². The third-order valence-corrected chi connectivity index (χ3v) is 4.10. The van der Waals surface area contributed by atoms with Crippen molar-refractivity contribution in [1.82, 2.24) is 0 Å². The number of benzene rings is 2. The molecular weight excluding hydrogens is 380 g/mol. The molecule has 0 spiro atoms. The maximum Gasteiger partial charge on any atom is 0.331 e. The molecule has 1 atom stereocenters. The number of nitro benzene ring substituents is 1. The molecular formula is C20H18N2O7. The fraction of sp³-hybridized carbons (Fsp3) is 0.200. The summed E-state index contributed by atoms with van der Waals surface area (Å²) in [5, 5.41) is 13.9. The number of ether oxygens (including phenoxy) is 3. The van der Waals surface area contributed by atoms with E-state index in [9.17, 15) is 19.7 Å².